The molecule has 2 aromatic rings. The first-order valence-corrected chi connectivity index (χ1v) is 8.70. The minimum atomic E-state index is -3.11. The second-order valence-electron chi connectivity index (χ2n) is 5.60. The lowest BCUT2D eigenvalue weighted by molar-refractivity contribution is 0.312. The number of sulfonamides is 1. The van der Waals surface area contributed by atoms with Crippen molar-refractivity contribution in [1.29, 1.82) is 0 Å². The maximum absolute atomic E-state index is 11.7. The zero-order valence-electron chi connectivity index (χ0n) is 11.8. The molecule has 6 heteroatoms. The van der Waals surface area contributed by atoms with Gasteiger partial charge < -0.3 is 4.98 Å². The number of aromatic nitrogens is 2. The fraction of sp³-hybridized carbons (Fsp3) is 0.500. The largest absolute Gasteiger partial charge is 0.342 e. The summed E-state index contributed by atoms with van der Waals surface area (Å²) in [4.78, 5) is 7.96. The van der Waals surface area contributed by atoms with Gasteiger partial charge in [0.2, 0.25) is 10.0 Å². The molecule has 1 atom stereocenters. The van der Waals surface area contributed by atoms with E-state index in [1.165, 1.54) is 11.8 Å². The summed E-state index contributed by atoms with van der Waals surface area (Å²) < 4.78 is 24.9. The predicted octanol–water partition coefficient (Wildman–Crippen LogP) is 2.01. The summed E-state index contributed by atoms with van der Waals surface area (Å²) in [6, 6.07) is 6.11. The molecular formula is C14H19N3O2S. The Morgan fingerprint density at radius 1 is 1.40 bits per heavy atom. The van der Waals surface area contributed by atoms with E-state index in [2.05, 4.69) is 16.0 Å². The van der Waals surface area contributed by atoms with E-state index < -0.39 is 10.0 Å². The minimum absolute atomic E-state index is 0.159. The molecule has 20 heavy (non-hydrogen) atoms. The quantitative estimate of drug-likeness (QED) is 0.921. The third-order valence-corrected chi connectivity index (χ3v) is 5.17. The van der Waals surface area contributed by atoms with Crippen LogP contribution in [0.3, 0.4) is 0 Å². The summed E-state index contributed by atoms with van der Waals surface area (Å²) >= 11 is 0. The molecule has 1 unspecified atom stereocenters. The average molecular weight is 293 g/mol. The fourth-order valence-electron chi connectivity index (χ4n) is 2.80. The van der Waals surface area contributed by atoms with E-state index in [9.17, 15) is 8.42 Å². The third-order valence-electron chi connectivity index (χ3n) is 3.90. The average Bonchev–Trinajstić information content (AvgIpc) is 2.81. The van der Waals surface area contributed by atoms with Crippen molar-refractivity contribution in [2.75, 3.05) is 19.3 Å². The molecule has 3 rings (SSSR count). The van der Waals surface area contributed by atoms with Crippen LogP contribution < -0.4 is 0 Å². The van der Waals surface area contributed by atoms with Crippen molar-refractivity contribution in [1.82, 2.24) is 14.3 Å². The lowest BCUT2D eigenvalue weighted by Gasteiger charge is -2.29. The van der Waals surface area contributed by atoms with Crippen LogP contribution in [-0.2, 0) is 10.0 Å². The van der Waals surface area contributed by atoms with E-state index >= 15 is 0 Å². The number of H-pyrrole nitrogens is 1. The van der Waals surface area contributed by atoms with E-state index in [1.54, 1.807) is 4.31 Å². The molecule has 0 spiro atoms. The molecule has 1 fully saturated rings. The van der Waals surface area contributed by atoms with Crippen LogP contribution in [0.2, 0.25) is 0 Å². The van der Waals surface area contributed by atoms with Gasteiger partial charge in [-0.3, -0.25) is 0 Å². The number of nitrogens with one attached hydrogen (secondary N) is 1. The van der Waals surface area contributed by atoms with Crippen LogP contribution in [0.5, 0.6) is 0 Å². The molecule has 0 bridgehead atoms. The molecule has 1 aliphatic heterocycles. The number of fused-ring (bicyclic) bond motifs is 1. The monoisotopic (exact) mass is 293 g/mol. The Kier molecular flexibility index (Phi) is 3.30. The summed E-state index contributed by atoms with van der Waals surface area (Å²) in [5, 5.41) is 0. The number of rotatable bonds is 2. The zero-order valence-corrected chi connectivity index (χ0v) is 12.6. The molecule has 0 aliphatic carbocycles. The highest BCUT2D eigenvalue weighted by atomic mass is 32.2. The summed E-state index contributed by atoms with van der Waals surface area (Å²) in [6.07, 6.45) is 3.13. The molecular weight excluding hydrogens is 274 g/mol. The Morgan fingerprint density at radius 3 is 2.95 bits per heavy atom. The van der Waals surface area contributed by atoms with Crippen LogP contribution in [0, 0.1) is 6.92 Å². The first-order valence-electron chi connectivity index (χ1n) is 6.85. The molecule has 1 aromatic heterocycles. The first kappa shape index (κ1) is 13.6. The van der Waals surface area contributed by atoms with E-state index in [0.717, 1.165) is 29.7 Å². The summed E-state index contributed by atoms with van der Waals surface area (Å²) in [5.74, 6) is 1.06. The van der Waals surface area contributed by atoms with Gasteiger partial charge in [-0.15, -0.1) is 0 Å². The van der Waals surface area contributed by atoms with Gasteiger partial charge in [-0.1, -0.05) is 6.07 Å². The molecule has 1 aromatic carbocycles. The van der Waals surface area contributed by atoms with Crippen molar-refractivity contribution in [3.8, 4) is 0 Å². The van der Waals surface area contributed by atoms with Crippen LogP contribution in [0.15, 0.2) is 18.2 Å². The Labute approximate surface area is 119 Å². The van der Waals surface area contributed by atoms with Crippen molar-refractivity contribution < 1.29 is 8.42 Å². The summed E-state index contributed by atoms with van der Waals surface area (Å²) in [6.45, 7) is 3.19. The smallest absolute Gasteiger partial charge is 0.211 e. The van der Waals surface area contributed by atoms with E-state index in [1.807, 2.05) is 19.1 Å². The second kappa shape index (κ2) is 4.86. The van der Waals surface area contributed by atoms with E-state index in [0.29, 0.717) is 13.1 Å². The first-order chi connectivity index (χ1) is 9.43. The van der Waals surface area contributed by atoms with Gasteiger partial charge in [0.1, 0.15) is 5.82 Å². The maximum atomic E-state index is 11.7. The predicted molar refractivity (Wildman–Crippen MR) is 79.2 cm³/mol. The number of hydrogen-bond donors (Lipinski definition) is 1. The van der Waals surface area contributed by atoms with E-state index in [4.69, 9.17) is 0 Å². The molecule has 2 heterocycles. The van der Waals surface area contributed by atoms with Crippen LogP contribution in [-0.4, -0.2) is 42.0 Å². The summed E-state index contributed by atoms with van der Waals surface area (Å²) in [5.41, 5.74) is 3.16. The highest BCUT2D eigenvalue weighted by Gasteiger charge is 2.28. The van der Waals surface area contributed by atoms with Gasteiger partial charge in [0.05, 0.1) is 17.3 Å². The van der Waals surface area contributed by atoms with Crippen LogP contribution >= 0.6 is 0 Å². The molecule has 0 saturated carbocycles. The number of aryl methyl sites for hydroxylation is 1. The number of hydrogen-bond acceptors (Lipinski definition) is 3. The molecule has 0 radical (unpaired) electrons. The third kappa shape index (κ3) is 2.58. The number of piperidine rings is 1. The van der Waals surface area contributed by atoms with Gasteiger partial charge in [-0.2, -0.15) is 0 Å². The normalized spacial score (nSPS) is 21.4. The Bertz CT molecular complexity index is 736. The Morgan fingerprint density at radius 2 is 2.20 bits per heavy atom. The molecule has 1 saturated heterocycles. The van der Waals surface area contributed by atoms with Crippen LogP contribution in [0.4, 0.5) is 0 Å². The van der Waals surface area contributed by atoms with Crippen molar-refractivity contribution in [2.24, 2.45) is 0 Å². The molecule has 1 aliphatic rings. The standard InChI is InChI=1S/C14H19N3O2S/c1-10-5-6-12-13(8-10)16-14(15-12)11-4-3-7-17(9-11)20(2,18)19/h5-6,8,11H,3-4,7,9H2,1-2H3,(H,15,16). The maximum Gasteiger partial charge on any atom is 0.211 e. The highest BCUT2D eigenvalue weighted by Crippen LogP contribution is 2.28. The van der Waals surface area contributed by atoms with Crippen molar-refractivity contribution in [3.63, 3.8) is 0 Å². The number of nitrogens with zero attached hydrogens (tertiary/aromatic N) is 2. The van der Waals surface area contributed by atoms with Crippen LogP contribution in [0.1, 0.15) is 30.1 Å². The van der Waals surface area contributed by atoms with Gasteiger partial charge in [0, 0.05) is 19.0 Å². The number of aromatic amines is 1. The van der Waals surface area contributed by atoms with Gasteiger partial charge in [-0.25, -0.2) is 17.7 Å². The fourth-order valence-corrected chi connectivity index (χ4v) is 3.71. The molecule has 5 nitrogen and oxygen atoms in total. The van der Waals surface area contributed by atoms with Gasteiger partial charge >= 0.3 is 0 Å². The molecule has 0 amide bonds. The van der Waals surface area contributed by atoms with Gasteiger partial charge in [0.15, 0.2) is 0 Å². The van der Waals surface area contributed by atoms with Crippen molar-refractivity contribution in [2.45, 2.75) is 25.7 Å². The zero-order chi connectivity index (χ0) is 14.3. The van der Waals surface area contributed by atoms with E-state index in [-0.39, 0.29) is 5.92 Å². The number of imidazole rings is 1. The Balaban J connectivity index is 1.90. The second-order valence-corrected chi connectivity index (χ2v) is 7.59. The minimum Gasteiger partial charge on any atom is -0.342 e. The molecule has 108 valence electrons. The van der Waals surface area contributed by atoms with Crippen molar-refractivity contribution >= 4 is 21.1 Å². The number of benzene rings is 1. The Hall–Kier alpha value is -1.40. The lowest BCUT2D eigenvalue weighted by atomic mass is 9.99. The van der Waals surface area contributed by atoms with Gasteiger partial charge in [-0.05, 0) is 37.5 Å². The molecule has 1 N–H and O–H groups in total. The lowest BCUT2D eigenvalue weighted by Crippen LogP contribution is -2.38. The highest BCUT2D eigenvalue weighted by molar-refractivity contribution is 7.88. The van der Waals surface area contributed by atoms with Crippen molar-refractivity contribution in [3.05, 3.63) is 29.6 Å². The van der Waals surface area contributed by atoms with Gasteiger partial charge in [0.25, 0.3) is 0 Å². The SMILES string of the molecule is Cc1ccc2nc(C3CCCN(S(C)(=O)=O)C3)[nH]c2c1. The van der Waals surface area contributed by atoms with Crippen LogP contribution in [0.25, 0.3) is 11.0 Å². The summed E-state index contributed by atoms with van der Waals surface area (Å²) in [7, 11) is -3.11. The topological polar surface area (TPSA) is 66.1 Å².